The molecular formula is C11H23N. The van der Waals surface area contributed by atoms with Crippen LogP contribution in [0.3, 0.4) is 0 Å². The zero-order valence-corrected chi connectivity index (χ0v) is 8.93. The van der Waals surface area contributed by atoms with Crippen molar-refractivity contribution in [2.45, 2.75) is 46.1 Å². The Morgan fingerprint density at radius 1 is 1.33 bits per heavy atom. The van der Waals surface area contributed by atoms with Gasteiger partial charge in [0.05, 0.1) is 0 Å². The molecule has 0 aliphatic heterocycles. The third kappa shape index (κ3) is 2.78. The maximum Gasteiger partial charge on any atom is 0.00950 e. The van der Waals surface area contributed by atoms with Crippen LogP contribution in [0.4, 0.5) is 0 Å². The molecule has 3 unspecified atom stereocenters. The predicted molar refractivity (Wildman–Crippen MR) is 54.2 cm³/mol. The summed E-state index contributed by atoms with van der Waals surface area (Å²) in [5.74, 6) is 2.82. The Hall–Kier alpha value is -0.0400. The lowest BCUT2D eigenvalue weighted by atomic mass is 10.00. The average molecular weight is 169 g/mol. The third-order valence-electron chi connectivity index (χ3n) is 3.11. The molecule has 1 N–H and O–H groups in total. The lowest BCUT2D eigenvalue weighted by molar-refractivity contribution is 0.407. The molecule has 0 aromatic carbocycles. The lowest BCUT2D eigenvalue weighted by Gasteiger charge is -2.16. The van der Waals surface area contributed by atoms with E-state index in [1.54, 1.807) is 0 Å². The highest BCUT2D eigenvalue weighted by Crippen LogP contribution is 2.41. The van der Waals surface area contributed by atoms with Crippen molar-refractivity contribution in [2.75, 3.05) is 7.05 Å². The predicted octanol–water partition coefficient (Wildman–Crippen LogP) is 2.67. The standard InChI is InChI=1S/C11H23N/c1-8(2)5-6-11(12-4)10-7-9(10)3/h8-12H,5-7H2,1-4H3. The van der Waals surface area contributed by atoms with Crippen molar-refractivity contribution >= 4 is 0 Å². The van der Waals surface area contributed by atoms with Crippen molar-refractivity contribution in [1.29, 1.82) is 0 Å². The Morgan fingerprint density at radius 3 is 2.25 bits per heavy atom. The van der Waals surface area contributed by atoms with E-state index in [1.807, 2.05) is 0 Å². The van der Waals surface area contributed by atoms with E-state index < -0.39 is 0 Å². The molecule has 0 amide bonds. The van der Waals surface area contributed by atoms with Crippen molar-refractivity contribution < 1.29 is 0 Å². The van der Waals surface area contributed by atoms with Gasteiger partial charge in [-0.25, -0.2) is 0 Å². The van der Waals surface area contributed by atoms with Crippen LogP contribution in [-0.2, 0) is 0 Å². The molecule has 1 rings (SSSR count). The van der Waals surface area contributed by atoms with Gasteiger partial charge in [-0.2, -0.15) is 0 Å². The van der Waals surface area contributed by atoms with E-state index in [4.69, 9.17) is 0 Å². The molecule has 0 spiro atoms. The van der Waals surface area contributed by atoms with Crippen molar-refractivity contribution in [3.8, 4) is 0 Å². The largest absolute Gasteiger partial charge is 0.317 e. The molecule has 12 heavy (non-hydrogen) atoms. The van der Waals surface area contributed by atoms with Gasteiger partial charge in [-0.1, -0.05) is 20.8 Å². The van der Waals surface area contributed by atoms with E-state index in [1.165, 1.54) is 19.3 Å². The summed E-state index contributed by atoms with van der Waals surface area (Å²) in [5, 5.41) is 3.45. The molecule has 0 bridgehead atoms. The van der Waals surface area contributed by atoms with Gasteiger partial charge in [-0.3, -0.25) is 0 Å². The molecule has 0 aromatic rings. The number of hydrogen-bond acceptors (Lipinski definition) is 1. The minimum atomic E-state index is 0.794. The van der Waals surface area contributed by atoms with Crippen LogP contribution < -0.4 is 5.32 Å². The van der Waals surface area contributed by atoms with Crippen molar-refractivity contribution in [3.05, 3.63) is 0 Å². The van der Waals surface area contributed by atoms with Crippen LogP contribution in [0.2, 0.25) is 0 Å². The summed E-state index contributed by atoms with van der Waals surface area (Å²) in [4.78, 5) is 0. The summed E-state index contributed by atoms with van der Waals surface area (Å²) in [6.45, 7) is 6.98. The normalized spacial score (nSPS) is 30.8. The van der Waals surface area contributed by atoms with Crippen LogP contribution in [0.1, 0.15) is 40.0 Å². The smallest absolute Gasteiger partial charge is 0.00950 e. The zero-order chi connectivity index (χ0) is 9.14. The second-order valence-electron chi connectivity index (χ2n) is 4.74. The van der Waals surface area contributed by atoms with Crippen molar-refractivity contribution in [3.63, 3.8) is 0 Å². The average Bonchev–Trinajstić information content (AvgIpc) is 2.68. The topological polar surface area (TPSA) is 12.0 Å². The van der Waals surface area contributed by atoms with Gasteiger partial charge in [0.25, 0.3) is 0 Å². The van der Waals surface area contributed by atoms with Gasteiger partial charge in [-0.15, -0.1) is 0 Å². The second-order valence-corrected chi connectivity index (χ2v) is 4.74. The minimum Gasteiger partial charge on any atom is -0.317 e. The Labute approximate surface area is 76.9 Å². The zero-order valence-electron chi connectivity index (χ0n) is 8.93. The van der Waals surface area contributed by atoms with Crippen LogP contribution in [0, 0.1) is 17.8 Å². The fourth-order valence-corrected chi connectivity index (χ4v) is 2.00. The summed E-state index contributed by atoms with van der Waals surface area (Å²) in [7, 11) is 2.11. The molecule has 1 heteroatoms. The number of hydrogen-bond donors (Lipinski definition) is 1. The van der Waals surface area contributed by atoms with Crippen LogP contribution >= 0.6 is 0 Å². The van der Waals surface area contributed by atoms with Crippen molar-refractivity contribution in [1.82, 2.24) is 5.32 Å². The van der Waals surface area contributed by atoms with E-state index >= 15 is 0 Å². The van der Waals surface area contributed by atoms with Gasteiger partial charge in [0, 0.05) is 6.04 Å². The highest BCUT2D eigenvalue weighted by atomic mass is 14.9. The van der Waals surface area contributed by atoms with Gasteiger partial charge in [0.1, 0.15) is 0 Å². The summed E-state index contributed by atoms with van der Waals surface area (Å²) in [6.07, 6.45) is 4.18. The fraction of sp³-hybridized carbons (Fsp3) is 1.00. The summed E-state index contributed by atoms with van der Waals surface area (Å²) < 4.78 is 0. The molecule has 1 aliphatic rings. The van der Waals surface area contributed by atoms with E-state index in [0.717, 1.165) is 23.8 Å². The van der Waals surface area contributed by atoms with Crippen LogP contribution in [0.15, 0.2) is 0 Å². The van der Waals surface area contributed by atoms with Gasteiger partial charge in [-0.05, 0) is 44.1 Å². The van der Waals surface area contributed by atoms with E-state index in [2.05, 4.69) is 33.1 Å². The summed E-state index contributed by atoms with van der Waals surface area (Å²) >= 11 is 0. The fourth-order valence-electron chi connectivity index (χ4n) is 2.00. The second kappa shape index (κ2) is 4.27. The molecule has 0 heterocycles. The van der Waals surface area contributed by atoms with Gasteiger partial charge in [0.2, 0.25) is 0 Å². The first kappa shape index (κ1) is 10.0. The molecule has 3 atom stereocenters. The molecule has 0 radical (unpaired) electrons. The molecule has 1 fully saturated rings. The Kier molecular flexibility index (Phi) is 3.57. The van der Waals surface area contributed by atoms with Gasteiger partial charge >= 0.3 is 0 Å². The monoisotopic (exact) mass is 169 g/mol. The Balaban J connectivity index is 2.17. The summed E-state index contributed by atoms with van der Waals surface area (Å²) in [6, 6.07) is 0.794. The molecular weight excluding hydrogens is 146 g/mol. The van der Waals surface area contributed by atoms with E-state index in [0.29, 0.717) is 0 Å². The van der Waals surface area contributed by atoms with Gasteiger partial charge < -0.3 is 5.32 Å². The molecule has 0 saturated heterocycles. The highest BCUT2D eigenvalue weighted by molar-refractivity contribution is 4.91. The maximum absolute atomic E-state index is 3.45. The van der Waals surface area contributed by atoms with Crippen LogP contribution in [0.5, 0.6) is 0 Å². The molecule has 72 valence electrons. The lowest BCUT2D eigenvalue weighted by Crippen LogP contribution is -2.28. The first-order chi connectivity index (χ1) is 5.65. The number of nitrogens with one attached hydrogen (secondary N) is 1. The Bertz CT molecular complexity index is 131. The van der Waals surface area contributed by atoms with Crippen molar-refractivity contribution in [2.24, 2.45) is 17.8 Å². The maximum atomic E-state index is 3.45. The molecule has 1 nitrogen and oxygen atoms in total. The van der Waals surface area contributed by atoms with Crippen LogP contribution in [-0.4, -0.2) is 13.1 Å². The van der Waals surface area contributed by atoms with Crippen LogP contribution in [0.25, 0.3) is 0 Å². The minimum absolute atomic E-state index is 0.794. The summed E-state index contributed by atoms with van der Waals surface area (Å²) in [5.41, 5.74) is 0. The third-order valence-corrected chi connectivity index (χ3v) is 3.11. The molecule has 1 saturated carbocycles. The van der Waals surface area contributed by atoms with E-state index in [9.17, 15) is 0 Å². The highest BCUT2D eigenvalue weighted by Gasteiger charge is 2.38. The Morgan fingerprint density at radius 2 is 1.92 bits per heavy atom. The SMILES string of the molecule is CNC(CCC(C)C)C1CC1C. The first-order valence-electron chi connectivity index (χ1n) is 5.32. The quantitative estimate of drug-likeness (QED) is 0.667. The first-order valence-corrected chi connectivity index (χ1v) is 5.32. The number of rotatable bonds is 5. The van der Waals surface area contributed by atoms with E-state index in [-0.39, 0.29) is 0 Å². The molecule has 0 aromatic heterocycles. The van der Waals surface area contributed by atoms with Gasteiger partial charge in [0.15, 0.2) is 0 Å². The molecule has 1 aliphatic carbocycles.